The minimum Gasteiger partial charge on any atom is -0.354 e. The van der Waals surface area contributed by atoms with Gasteiger partial charge in [0.25, 0.3) is 0 Å². The van der Waals surface area contributed by atoms with Crippen LogP contribution in [0.5, 0.6) is 0 Å². The van der Waals surface area contributed by atoms with E-state index in [1.165, 1.54) is 0 Å². The number of hydrogen-bond donors (Lipinski definition) is 2. The average Bonchev–Trinajstić information content (AvgIpc) is 2.36. The second kappa shape index (κ2) is 14.9. The van der Waals surface area contributed by atoms with Gasteiger partial charge >= 0.3 is 0 Å². The molecular weight excluding hydrogens is 309 g/mol. The van der Waals surface area contributed by atoms with Crippen LogP contribution in [0.15, 0.2) is 0 Å². The van der Waals surface area contributed by atoms with E-state index in [1.807, 2.05) is 14.0 Å². The highest BCUT2D eigenvalue weighted by molar-refractivity contribution is 5.85. The van der Waals surface area contributed by atoms with Gasteiger partial charge in [-0.3, -0.25) is 9.69 Å². The highest BCUT2D eigenvalue weighted by Crippen LogP contribution is 2.11. The fourth-order valence-corrected chi connectivity index (χ4v) is 2.44. The number of nitrogens with zero attached hydrogens (tertiary/aromatic N) is 1. The van der Waals surface area contributed by atoms with Crippen molar-refractivity contribution in [1.29, 1.82) is 0 Å². The highest BCUT2D eigenvalue weighted by atomic mass is 35.5. The topological polar surface area (TPSA) is 44.4 Å². The first-order valence-electron chi connectivity index (χ1n) is 7.62. The van der Waals surface area contributed by atoms with Crippen LogP contribution in [-0.4, -0.2) is 50.1 Å². The molecule has 21 heavy (non-hydrogen) atoms. The number of rotatable bonds is 10. The molecule has 0 bridgehead atoms. The summed E-state index contributed by atoms with van der Waals surface area (Å²) in [6, 6.07) is 0.445. The second-order valence-electron chi connectivity index (χ2n) is 5.71. The molecule has 0 fully saturated rings. The van der Waals surface area contributed by atoms with Crippen LogP contribution in [0, 0.1) is 11.8 Å². The first kappa shape index (κ1) is 25.9. The number of nitrogens with one attached hydrogen (secondary N) is 2. The van der Waals surface area contributed by atoms with Crippen molar-refractivity contribution in [1.82, 2.24) is 15.5 Å². The Morgan fingerprint density at radius 1 is 1.05 bits per heavy atom. The molecule has 2 atom stereocenters. The zero-order valence-electron chi connectivity index (χ0n) is 14.4. The highest BCUT2D eigenvalue weighted by Gasteiger charge is 2.19. The van der Waals surface area contributed by atoms with Gasteiger partial charge in [0.05, 0.1) is 0 Å². The summed E-state index contributed by atoms with van der Waals surface area (Å²) in [5.41, 5.74) is 0. The summed E-state index contributed by atoms with van der Waals surface area (Å²) in [6.45, 7) is 14.4. The molecule has 0 rings (SSSR count). The molecular formula is C15H35Cl2N3O. The van der Waals surface area contributed by atoms with Gasteiger partial charge in [0, 0.05) is 25.0 Å². The van der Waals surface area contributed by atoms with Crippen molar-refractivity contribution in [2.24, 2.45) is 11.8 Å². The molecule has 0 spiro atoms. The van der Waals surface area contributed by atoms with Gasteiger partial charge in [-0.05, 0) is 32.5 Å². The molecule has 0 saturated carbocycles. The Labute approximate surface area is 143 Å². The standard InChI is InChI=1S/C15H33N3O.2ClH/c1-7-18(8-2)14(9-12(3)4)11-17-15(19)13(5)10-16-6;;/h12-14,16H,7-11H2,1-6H3,(H,17,19);2*1H. The van der Waals surface area contributed by atoms with E-state index in [1.54, 1.807) is 0 Å². The summed E-state index contributed by atoms with van der Waals surface area (Å²) in [5.74, 6) is 0.828. The summed E-state index contributed by atoms with van der Waals surface area (Å²) < 4.78 is 0. The maximum absolute atomic E-state index is 12.0. The maximum Gasteiger partial charge on any atom is 0.224 e. The van der Waals surface area contributed by atoms with Gasteiger partial charge in [-0.25, -0.2) is 0 Å². The lowest BCUT2D eigenvalue weighted by Crippen LogP contribution is -2.46. The van der Waals surface area contributed by atoms with Crippen LogP contribution in [0.25, 0.3) is 0 Å². The quantitative estimate of drug-likeness (QED) is 0.640. The predicted molar refractivity (Wildman–Crippen MR) is 96.8 cm³/mol. The fourth-order valence-electron chi connectivity index (χ4n) is 2.44. The minimum absolute atomic E-state index is 0. The van der Waals surface area contributed by atoms with Crippen molar-refractivity contribution in [3.63, 3.8) is 0 Å². The number of halogens is 2. The van der Waals surface area contributed by atoms with Crippen molar-refractivity contribution in [3.8, 4) is 0 Å². The monoisotopic (exact) mass is 343 g/mol. The molecule has 0 aromatic rings. The van der Waals surface area contributed by atoms with E-state index in [0.717, 1.165) is 32.6 Å². The molecule has 0 saturated heterocycles. The average molecular weight is 344 g/mol. The van der Waals surface area contributed by atoms with Gasteiger partial charge in [0.15, 0.2) is 0 Å². The summed E-state index contributed by atoms with van der Waals surface area (Å²) in [7, 11) is 1.88. The molecule has 0 aromatic heterocycles. The number of hydrogen-bond acceptors (Lipinski definition) is 3. The molecule has 0 aromatic carbocycles. The number of carbonyl (C=O) groups is 1. The van der Waals surface area contributed by atoms with Crippen LogP contribution in [0.1, 0.15) is 41.0 Å². The second-order valence-corrected chi connectivity index (χ2v) is 5.71. The third-order valence-corrected chi connectivity index (χ3v) is 3.54. The molecule has 130 valence electrons. The van der Waals surface area contributed by atoms with E-state index < -0.39 is 0 Å². The SMILES string of the molecule is CCN(CC)C(CNC(=O)C(C)CNC)CC(C)C.Cl.Cl. The Balaban J connectivity index is -0.00000162. The van der Waals surface area contributed by atoms with Gasteiger partial charge < -0.3 is 10.6 Å². The molecule has 1 amide bonds. The zero-order valence-corrected chi connectivity index (χ0v) is 16.1. The van der Waals surface area contributed by atoms with E-state index in [-0.39, 0.29) is 36.6 Å². The lowest BCUT2D eigenvalue weighted by atomic mass is 10.0. The zero-order chi connectivity index (χ0) is 14.8. The summed E-state index contributed by atoms with van der Waals surface area (Å²) >= 11 is 0. The Morgan fingerprint density at radius 3 is 1.95 bits per heavy atom. The van der Waals surface area contributed by atoms with Crippen molar-refractivity contribution in [3.05, 3.63) is 0 Å². The number of carbonyl (C=O) groups excluding carboxylic acids is 1. The summed E-state index contributed by atoms with van der Waals surface area (Å²) in [4.78, 5) is 14.4. The summed E-state index contributed by atoms with van der Waals surface area (Å²) in [5, 5.41) is 6.14. The van der Waals surface area contributed by atoms with Gasteiger partial charge in [-0.1, -0.05) is 34.6 Å². The molecule has 2 unspecified atom stereocenters. The van der Waals surface area contributed by atoms with E-state index in [4.69, 9.17) is 0 Å². The first-order valence-corrected chi connectivity index (χ1v) is 7.62. The van der Waals surface area contributed by atoms with E-state index in [9.17, 15) is 4.79 Å². The Morgan fingerprint density at radius 2 is 1.57 bits per heavy atom. The van der Waals surface area contributed by atoms with E-state index >= 15 is 0 Å². The van der Waals surface area contributed by atoms with Gasteiger partial charge in [0.1, 0.15) is 0 Å². The van der Waals surface area contributed by atoms with Gasteiger partial charge in [-0.15, -0.1) is 24.8 Å². The van der Waals surface area contributed by atoms with Crippen LogP contribution in [0.2, 0.25) is 0 Å². The molecule has 0 heterocycles. The van der Waals surface area contributed by atoms with Crippen LogP contribution < -0.4 is 10.6 Å². The van der Waals surface area contributed by atoms with Crippen molar-refractivity contribution in [2.75, 3.05) is 33.2 Å². The van der Waals surface area contributed by atoms with Crippen molar-refractivity contribution in [2.45, 2.75) is 47.1 Å². The fraction of sp³-hybridized carbons (Fsp3) is 0.933. The maximum atomic E-state index is 12.0. The first-order chi connectivity index (χ1) is 8.96. The third-order valence-electron chi connectivity index (χ3n) is 3.54. The molecule has 0 aliphatic heterocycles. The number of amides is 1. The molecule has 2 N–H and O–H groups in total. The third kappa shape index (κ3) is 11.2. The Hall–Kier alpha value is -0.0300. The molecule has 6 heteroatoms. The molecule has 0 aliphatic carbocycles. The Bertz CT molecular complexity index is 249. The molecule has 0 aliphatic rings. The summed E-state index contributed by atoms with van der Waals surface area (Å²) in [6.07, 6.45) is 1.13. The van der Waals surface area contributed by atoms with Crippen LogP contribution in [0.4, 0.5) is 0 Å². The van der Waals surface area contributed by atoms with E-state index in [0.29, 0.717) is 12.0 Å². The lowest BCUT2D eigenvalue weighted by Gasteiger charge is -2.31. The van der Waals surface area contributed by atoms with E-state index in [2.05, 4.69) is 43.2 Å². The normalized spacial score (nSPS) is 13.3. The van der Waals surface area contributed by atoms with Gasteiger partial charge in [-0.2, -0.15) is 0 Å². The van der Waals surface area contributed by atoms with Crippen LogP contribution in [0.3, 0.4) is 0 Å². The predicted octanol–water partition coefficient (Wildman–Crippen LogP) is 2.56. The molecule has 4 nitrogen and oxygen atoms in total. The van der Waals surface area contributed by atoms with Crippen LogP contribution in [-0.2, 0) is 4.79 Å². The van der Waals surface area contributed by atoms with Gasteiger partial charge in [0.2, 0.25) is 5.91 Å². The Kier molecular flexibility index (Phi) is 18.4. The smallest absolute Gasteiger partial charge is 0.224 e. The largest absolute Gasteiger partial charge is 0.354 e. The number of likely N-dealkylation sites (N-methyl/N-ethyl adjacent to an activating group) is 1. The van der Waals surface area contributed by atoms with Crippen molar-refractivity contribution < 1.29 is 4.79 Å². The molecule has 0 radical (unpaired) electrons. The minimum atomic E-state index is 0. The van der Waals surface area contributed by atoms with Crippen molar-refractivity contribution >= 4 is 30.7 Å². The van der Waals surface area contributed by atoms with Crippen LogP contribution >= 0.6 is 24.8 Å². The lowest BCUT2D eigenvalue weighted by molar-refractivity contribution is -0.124.